The molecule has 2 aromatic carbocycles. The molecule has 26 heavy (non-hydrogen) atoms. The number of hydrogen-bond acceptors (Lipinski definition) is 2. The Morgan fingerprint density at radius 1 is 1.00 bits per heavy atom. The molecule has 2 nitrogen and oxygen atoms in total. The number of piperidine rings is 1. The van der Waals surface area contributed by atoms with Crippen molar-refractivity contribution in [3.8, 4) is 0 Å². The van der Waals surface area contributed by atoms with Crippen LogP contribution < -0.4 is 0 Å². The first kappa shape index (κ1) is 16.3. The second kappa shape index (κ2) is 6.35. The molecule has 2 fully saturated rings. The van der Waals surface area contributed by atoms with E-state index in [1.165, 1.54) is 37.7 Å². The van der Waals surface area contributed by atoms with Gasteiger partial charge >= 0.3 is 0 Å². The van der Waals surface area contributed by atoms with Crippen molar-refractivity contribution in [3.63, 3.8) is 0 Å². The van der Waals surface area contributed by atoms with Gasteiger partial charge in [0.05, 0.1) is 6.54 Å². The first-order valence-electron chi connectivity index (χ1n) is 10.2. The highest BCUT2D eigenvalue weighted by Gasteiger charge is 2.53. The number of nitrogens with zero attached hydrogens (tertiary/aromatic N) is 1. The molecule has 3 atom stereocenters. The summed E-state index contributed by atoms with van der Waals surface area (Å²) in [6.07, 6.45) is 7.71. The van der Waals surface area contributed by atoms with Crippen molar-refractivity contribution in [2.75, 3.05) is 13.1 Å². The Bertz CT molecular complexity index is 814. The summed E-state index contributed by atoms with van der Waals surface area (Å²) in [7, 11) is 0. The van der Waals surface area contributed by atoms with E-state index in [2.05, 4.69) is 29.2 Å². The summed E-state index contributed by atoms with van der Waals surface area (Å²) in [6.45, 7) is 1.64. The lowest BCUT2D eigenvalue weighted by molar-refractivity contribution is -0.00838. The van der Waals surface area contributed by atoms with Crippen molar-refractivity contribution >= 4 is 5.78 Å². The maximum Gasteiger partial charge on any atom is 0.176 e. The van der Waals surface area contributed by atoms with Crippen LogP contribution in [0.1, 0.15) is 53.6 Å². The summed E-state index contributed by atoms with van der Waals surface area (Å²) in [5.74, 6) is 0.997. The Hall–Kier alpha value is -1.93. The third kappa shape index (κ3) is 2.46. The van der Waals surface area contributed by atoms with E-state index >= 15 is 0 Å². The van der Waals surface area contributed by atoms with Gasteiger partial charge in [0.1, 0.15) is 0 Å². The lowest BCUT2D eigenvalue weighted by Gasteiger charge is -2.59. The number of Topliss-reactive ketones (excluding diaryl/α,β-unsaturated/α-hetero) is 1. The van der Waals surface area contributed by atoms with Gasteiger partial charge in [0, 0.05) is 17.0 Å². The summed E-state index contributed by atoms with van der Waals surface area (Å²) in [6, 6.07) is 19.5. The third-order valence-electron chi connectivity index (χ3n) is 7.30. The zero-order valence-corrected chi connectivity index (χ0v) is 15.4. The Labute approximate surface area is 156 Å². The maximum absolute atomic E-state index is 12.8. The molecular formula is C24H27NO. The van der Waals surface area contributed by atoms with Crippen LogP contribution >= 0.6 is 0 Å². The Balaban J connectivity index is 1.47. The van der Waals surface area contributed by atoms with E-state index in [-0.39, 0.29) is 5.78 Å². The molecule has 1 unspecified atom stereocenters. The van der Waals surface area contributed by atoms with Crippen LogP contribution in [0.2, 0.25) is 0 Å². The highest BCUT2D eigenvalue weighted by Crippen LogP contribution is 2.55. The monoisotopic (exact) mass is 345 g/mol. The molecule has 0 N–H and O–H groups in total. The summed E-state index contributed by atoms with van der Waals surface area (Å²) in [5, 5.41) is 0. The van der Waals surface area contributed by atoms with E-state index in [1.54, 1.807) is 5.56 Å². The van der Waals surface area contributed by atoms with Gasteiger partial charge < -0.3 is 0 Å². The molecule has 2 bridgehead atoms. The van der Waals surface area contributed by atoms with Crippen LogP contribution in [0.5, 0.6) is 0 Å². The summed E-state index contributed by atoms with van der Waals surface area (Å²) < 4.78 is 0. The van der Waals surface area contributed by atoms with Gasteiger partial charge in [-0.1, -0.05) is 67.4 Å². The molecule has 5 rings (SSSR count). The van der Waals surface area contributed by atoms with Gasteiger partial charge in [0.2, 0.25) is 0 Å². The van der Waals surface area contributed by atoms with E-state index in [0.717, 1.165) is 24.4 Å². The lowest BCUT2D eigenvalue weighted by atomic mass is 9.52. The number of likely N-dealkylation sites (tertiary alicyclic amines) is 1. The minimum absolute atomic E-state index is 0.271. The molecule has 0 spiro atoms. The van der Waals surface area contributed by atoms with Crippen molar-refractivity contribution in [2.45, 2.75) is 50.0 Å². The molecule has 1 heterocycles. The highest BCUT2D eigenvalue weighted by atomic mass is 16.1. The normalized spacial score (nSPS) is 30.3. The number of benzene rings is 2. The Morgan fingerprint density at radius 2 is 1.81 bits per heavy atom. The molecular weight excluding hydrogens is 318 g/mol. The van der Waals surface area contributed by atoms with Crippen molar-refractivity contribution in [1.29, 1.82) is 0 Å². The van der Waals surface area contributed by atoms with Crippen molar-refractivity contribution < 1.29 is 4.79 Å². The molecule has 0 radical (unpaired) electrons. The number of carbonyl (C=O) groups is 1. The maximum atomic E-state index is 12.8. The molecule has 2 aliphatic carbocycles. The second-order valence-electron chi connectivity index (χ2n) is 8.45. The first-order valence-corrected chi connectivity index (χ1v) is 10.2. The fraction of sp³-hybridized carbons (Fsp3) is 0.458. The van der Waals surface area contributed by atoms with Crippen molar-refractivity contribution in [1.82, 2.24) is 4.90 Å². The van der Waals surface area contributed by atoms with Crippen molar-refractivity contribution in [3.05, 3.63) is 71.3 Å². The minimum atomic E-state index is 0.271. The Kier molecular flexibility index (Phi) is 3.97. The average molecular weight is 345 g/mol. The standard InChI is InChI=1S/C24H27NO/c26-23(18-8-2-1-3-9-18)17-25-15-14-24-13-7-6-12-21(24)22(25)16-19-10-4-5-11-20(19)24/h1-5,8-11,21-22H,6-7,12-17H2/t21-,22+,24?/m1/s1. The molecule has 0 aromatic heterocycles. The van der Waals surface area contributed by atoms with Crippen LogP contribution in [-0.2, 0) is 11.8 Å². The lowest BCUT2D eigenvalue weighted by Crippen LogP contribution is -2.61. The summed E-state index contributed by atoms with van der Waals surface area (Å²) in [5.41, 5.74) is 4.40. The summed E-state index contributed by atoms with van der Waals surface area (Å²) in [4.78, 5) is 15.3. The number of hydrogen-bond donors (Lipinski definition) is 0. The highest BCUT2D eigenvalue weighted by molar-refractivity contribution is 5.97. The number of ketones is 1. The van der Waals surface area contributed by atoms with E-state index in [9.17, 15) is 4.79 Å². The van der Waals surface area contributed by atoms with Gasteiger partial charge in [-0.25, -0.2) is 0 Å². The van der Waals surface area contributed by atoms with Crippen molar-refractivity contribution in [2.24, 2.45) is 5.92 Å². The van der Waals surface area contributed by atoms with Gasteiger partial charge in [-0.2, -0.15) is 0 Å². The molecule has 134 valence electrons. The summed E-state index contributed by atoms with van der Waals surface area (Å²) >= 11 is 0. The van der Waals surface area contributed by atoms with Gasteiger partial charge in [0.25, 0.3) is 0 Å². The number of fused-ring (bicyclic) bond motifs is 1. The van der Waals surface area contributed by atoms with Crippen LogP contribution in [-0.4, -0.2) is 29.8 Å². The predicted molar refractivity (Wildman–Crippen MR) is 105 cm³/mol. The minimum Gasteiger partial charge on any atom is -0.293 e. The van der Waals surface area contributed by atoms with E-state index in [4.69, 9.17) is 0 Å². The fourth-order valence-electron chi connectivity index (χ4n) is 6.15. The van der Waals surface area contributed by atoms with Crippen LogP contribution in [0.4, 0.5) is 0 Å². The zero-order chi connectivity index (χ0) is 17.6. The van der Waals surface area contributed by atoms with Crippen LogP contribution in [0.3, 0.4) is 0 Å². The van der Waals surface area contributed by atoms with Crippen LogP contribution in [0.15, 0.2) is 54.6 Å². The van der Waals surface area contributed by atoms with Gasteiger partial charge in [-0.05, 0) is 49.3 Å². The molecule has 1 aliphatic heterocycles. The van der Waals surface area contributed by atoms with Gasteiger partial charge in [0.15, 0.2) is 5.78 Å². The largest absolute Gasteiger partial charge is 0.293 e. The van der Waals surface area contributed by atoms with Gasteiger partial charge in [-0.15, -0.1) is 0 Å². The number of rotatable bonds is 3. The van der Waals surface area contributed by atoms with Gasteiger partial charge in [-0.3, -0.25) is 9.69 Å². The number of carbonyl (C=O) groups excluding carboxylic acids is 1. The van der Waals surface area contributed by atoms with E-state index < -0.39 is 0 Å². The molecule has 1 saturated heterocycles. The molecule has 3 aliphatic rings. The topological polar surface area (TPSA) is 20.3 Å². The molecule has 2 heteroatoms. The first-order chi connectivity index (χ1) is 12.8. The predicted octanol–water partition coefficient (Wildman–Crippen LogP) is 4.63. The average Bonchev–Trinajstić information content (AvgIpc) is 2.70. The SMILES string of the molecule is O=C(CN1CCC23CCCC[C@@H]2[C@@H]1Cc1ccccc13)c1ccccc1. The molecule has 1 saturated carbocycles. The van der Waals surface area contributed by atoms with Crippen LogP contribution in [0.25, 0.3) is 0 Å². The smallest absolute Gasteiger partial charge is 0.176 e. The zero-order valence-electron chi connectivity index (χ0n) is 15.4. The molecule has 2 aromatic rings. The third-order valence-corrected chi connectivity index (χ3v) is 7.30. The molecule has 0 amide bonds. The second-order valence-corrected chi connectivity index (χ2v) is 8.45. The fourth-order valence-corrected chi connectivity index (χ4v) is 6.15. The van der Waals surface area contributed by atoms with Crippen LogP contribution in [0, 0.1) is 5.92 Å². The quantitative estimate of drug-likeness (QED) is 0.756. The Morgan fingerprint density at radius 3 is 2.69 bits per heavy atom. The van der Waals surface area contributed by atoms with E-state index in [1.807, 2.05) is 30.3 Å². The van der Waals surface area contributed by atoms with E-state index in [0.29, 0.717) is 18.0 Å².